The Balaban J connectivity index is 2.09. The molecule has 0 aromatic heterocycles. The van der Waals surface area contributed by atoms with Gasteiger partial charge in [-0.3, -0.25) is 0 Å². The minimum Gasteiger partial charge on any atom is -0.381 e. The van der Waals surface area contributed by atoms with Crippen LogP contribution in [0.2, 0.25) is 0 Å². The average molecular weight is 256 g/mol. The van der Waals surface area contributed by atoms with Gasteiger partial charge in [0.05, 0.1) is 0 Å². The van der Waals surface area contributed by atoms with E-state index in [1.165, 1.54) is 45.3 Å². The molecule has 1 fully saturated rings. The summed E-state index contributed by atoms with van der Waals surface area (Å²) in [7, 11) is 0. The van der Waals surface area contributed by atoms with Crippen LogP contribution in [0.1, 0.15) is 52.9 Å². The first-order valence-corrected chi connectivity index (χ1v) is 7.83. The lowest BCUT2D eigenvalue weighted by atomic mass is 9.98. The molecule has 18 heavy (non-hydrogen) atoms. The van der Waals surface area contributed by atoms with Gasteiger partial charge in [0.1, 0.15) is 0 Å². The van der Waals surface area contributed by atoms with Crippen molar-refractivity contribution in [2.75, 3.05) is 32.8 Å². The van der Waals surface area contributed by atoms with E-state index >= 15 is 0 Å². The molecule has 1 aliphatic rings. The van der Waals surface area contributed by atoms with Crippen molar-refractivity contribution in [1.29, 1.82) is 0 Å². The highest BCUT2D eigenvalue weighted by Crippen LogP contribution is 2.17. The smallest absolute Gasteiger partial charge is 0.0478 e. The number of rotatable bonds is 9. The zero-order valence-corrected chi connectivity index (χ0v) is 12.6. The van der Waals surface area contributed by atoms with Crippen LogP contribution < -0.4 is 5.32 Å². The molecule has 0 bridgehead atoms. The fourth-order valence-electron chi connectivity index (χ4n) is 2.70. The number of nitrogens with zero attached hydrogens (tertiary/aromatic N) is 1. The van der Waals surface area contributed by atoms with Crippen LogP contribution in [-0.2, 0) is 4.74 Å². The van der Waals surface area contributed by atoms with Crippen molar-refractivity contribution in [2.45, 2.75) is 65.0 Å². The first-order valence-electron chi connectivity index (χ1n) is 7.83. The van der Waals surface area contributed by atoms with Gasteiger partial charge in [-0.1, -0.05) is 13.8 Å². The maximum Gasteiger partial charge on any atom is 0.0478 e. The Morgan fingerprint density at radius 2 is 2.06 bits per heavy atom. The summed E-state index contributed by atoms with van der Waals surface area (Å²) in [5.74, 6) is 0. The summed E-state index contributed by atoms with van der Waals surface area (Å²) < 4.78 is 5.54. The van der Waals surface area contributed by atoms with Gasteiger partial charge >= 0.3 is 0 Å². The molecule has 0 amide bonds. The Kier molecular flexibility index (Phi) is 8.64. The third kappa shape index (κ3) is 6.17. The van der Waals surface area contributed by atoms with Crippen molar-refractivity contribution in [2.24, 2.45) is 0 Å². The molecule has 2 unspecified atom stereocenters. The fourth-order valence-corrected chi connectivity index (χ4v) is 2.70. The lowest BCUT2D eigenvalue weighted by Crippen LogP contribution is -2.47. The molecule has 108 valence electrons. The first kappa shape index (κ1) is 15.9. The van der Waals surface area contributed by atoms with Gasteiger partial charge in [-0.25, -0.2) is 0 Å². The van der Waals surface area contributed by atoms with Gasteiger partial charge in [-0.05, 0) is 52.1 Å². The maximum atomic E-state index is 5.54. The van der Waals surface area contributed by atoms with Crippen LogP contribution in [0, 0.1) is 0 Å². The van der Waals surface area contributed by atoms with Crippen LogP contribution in [0.3, 0.4) is 0 Å². The van der Waals surface area contributed by atoms with E-state index < -0.39 is 0 Å². The van der Waals surface area contributed by atoms with Crippen LogP contribution >= 0.6 is 0 Å². The molecule has 1 N–H and O–H groups in total. The SMILES string of the molecule is CCCNC1CCN(CCCOCCC)C(C)C1. The van der Waals surface area contributed by atoms with E-state index in [0.29, 0.717) is 0 Å². The van der Waals surface area contributed by atoms with Crippen LogP contribution in [-0.4, -0.2) is 49.8 Å². The number of piperidine rings is 1. The second-order valence-electron chi connectivity index (χ2n) is 5.53. The summed E-state index contributed by atoms with van der Waals surface area (Å²) in [4.78, 5) is 2.62. The number of hydrogen-bond donors (Lipinski definition) is 1. The summed E-state index contributed by atoms with van der Waals surface area (Å²) >= 11 is 0. The summed E-state index contributed by atoms with van der Waals surface area (Å²) in [6.45, 7) is 12.2. The van der Waals surface area contributed by atoms with Crippen LogP contribution in [0.25, 0.3) is 0 Å². The zero-order valence-electron chi connectivity index (χ0n) is 12.6. The highest BCUT2D eigenvalue weighted by atomic mass is 16.5. The average Bonchev–Trinajstić information content (AvgIpc) is 2.38. The largest absolute Gasteiger partial charge is 0.381 e. The van der Waals surface area contributed by atoms with Gasteiger partial charge in [-0.15, -0.1) is 0 Å². The number of ether oxygens (including phenoxy) is 1. The molecule has 0 aliphatic carbocycles. The van der Waals surface area contributed by atoms with Crippen LogP contribution in [0.4, 0.5) is 0 Å². The quantitative estimate of drug-likeness (QED) is 0.642. The predicted molar refractivity (Wildman–Crippen MR) is 78.1 cm³/mol. The van der Waals surface area contributed by atoms with E-state index in [-0.39, 0.29) is 0 Å². The molecule has 1 rings (SSSR count). The molecule has 0 spiro atoms. The second kappa shape index (κ2) is 9.76. The van der Waals surface area contributed by atoms with Crippen molar-refractivity contribution in [3.05, 3.63) is 0 Å². The molecule has 0 saturated carbocycles. The van der Waals surface area contributed by atoms with Crippen LogP contribution in [0.5, 0.6) is 0 Å². The van der Waals surface area contributed by atoms with Crippen LogP contribution in [0.15, 0.2) is 0 Å². The van der Waals surface area contributed by atoms with E-state index in [1.807, 2.05) is 0 Å². The lowest BCUT2D eigenvalue weighted by molar-refractivity contribution is 0.0959. The fraction of sp³-hybridized carbons (Fsp3) is 1.00. The van der Waals surface area contributed by atoms with Crippen molar-refractivity contribution < 1.29 is 4.74 Å². The number of hydrogen-bond acceptors (Lipinski definition) is 3. The van der Waals surface area contributed by atoms with E-state index in [4.69, 9.17) is 4.74 Å². The second-order valence-corrected chi connectivity index (χ2v) is 5.53. The number of likely N-dealkylation sites (tertiary alicyclic amines) is 1. The normalized spacial score (nSPS) is 25.5. The molecule has 0 radical (unpaired) electrons. The first-order chi connectivity index (χ1) is 8.77. The van der Waals surface area contributed by atoms with Gasteiger partial charge in [0.15, 0.2) is 0 Å². The topological polar surface area (TPSA) is 24.5 Å². The molecule has 3 nitrogen and oxygen atoms in total. The Bertz CT molecular complexity index is 197. The predicted octanol–water partition coefficient (Wildman–Crippen LogP) is 2.66. The molecular formula is C15H32N2O. The van der Waals surface area contributed by atoms with Crippen molar-refractivity contribution in [3.8, 4) is 0 Å². The Labute approximate surface area is 113 Å². The highest BCUT2D eigenvalue weighted by molar-refractivity contribution is 4.82. The summed E-state index contributed by atoms with van der Waals surface area (Å²) in [6.07, 6.45) is 6.15. The van der Waals surface area contributed by atoms with E-state index in [9.17, 15) is 0 Å². The van der Waals surface area contributed by atoms with Gasteiger partial charge in [-0.2, -0.15) is 0 Å². The van der Waals surface area contributed by atoms with Gasteiger partial charge in [0, 0.05) is 31.8 Å². The van der Waals surface area contributed by atoms with E-state index in [2.05, 4.69) is 31.0 Å². The van der Waals surface area contributed by atoms with Crippen molar-refractivity contribution in [3.63, 3.8) is 0 Å². The molecular weight excluding hydrogens is 224 g/mol. The minimum absolute atomic E-state index is 0.722. The minimum atomic E-state index is 0.722. The van der Waals surface area contributed by atoms with Gasteiger partial charge in [0.2, 0.25) is 0 Å². The molecule has 0 aromatic carbocycles. The lowest BCUT2D eigenvalue weighted by Gasteiger charge is -2.38. The number of nitrogens with one attached hydrogen (secondary N) is 1. The molecule has 2 atom stereocenters. The van der Waals surface area contributed by atoms with Gasteiger partial charge < -0.3 is 15.0 Å². The highest BCUT2D eigenvalue weighted by Gasteiger charge is 2.24. The van der Waals surface area contributed by atoms with Gasteiger partial charge in [0.25, 0.3) is 0 Å². The van der Waals surface area contributed by atoms with Crippen molar-refractivity contribution >= 4 is 0 Å². The third-order valence-corrected chi connectivity index (χ3v) is 3.78. The Hall–Kier alpha value is -0.120. The summed E-state index contributed by atoms with van der Waals surface area (Å²) in [5.41, 5.74) is 0. The Morgan fingerprint density at radius 1 is 1.22 bits per heavy atom. The molecule has 1 aliphatic heterocycles. The monoisotopic (exact) mass is 256 g/mol. The standard InChI is InChI=1S/C15H32N2O/c1-4-8-16-15-7-10-17(14(3)13-15)9-6-12-18-11-5-2/h14-16H,4-13H2,1-3H3. The third-order valence-electron chi connectivity index (χ3n) is 3.78. The maximum absolute atomic E-state index is 5.54. The molecule has 1 saturated heterocycles. The molecule has 1 heterocycles. The van der Waals surface area contributed by atoms with Crippen molar-refractivity contribution in [1.82, 2.24) is 10.2 Å². The Morgan fingerprint density at radius 3 is 2.72 bits per heavy atom. The molecule has 3 heteroatoms. The summed E-state index contributed by atoms with van der Waals surface area (Å²) in [5, 5.41) is 3.65. The van der Waals surface area contributed by atoms with E-state index in [0.717, 1.165) is 31.7 Å². The zero-order chi connectivity index (χ0) is 13.2. The summed E-state index contributed by atoms with van der Waals surface area (Å²) in [6, 6.07) is 1.46. The molecule has 0 aromatic rings. The van der Waals surface area contributed by atoms with E-state index in [1.54, 1.807) is 0 Å².